The van der Waals surface area contributed by atoms with Gasteiger partial charge in [0.1, 0.15) is 35.2 Å². The third-order valence-corrected chi connectivity index (χ3v) is 3.82. The molecule has 1 fully saturated rings. The Bertz CT molecular complexity index is 768. The third kappa shape index (κ3) is 6.23. The SMILES string of the molecule is CC(C)(C)OC(=O)N1CCCC(Oc2ccccc2NC=C(C#N)C#N)C1. The standard InChI is InChI=1S/C20H24N4O3/c1-20(2,3)27-19(25)24-10-6-7-16(14-24)26-18-9-5-4-8-17(18)23-13-15(11-21)12-22/h4-5,8-9,13,16,23H,6-7,10,14H2,1-3H3. The number of rotatable bonds is 4. The highest BCUT2D eigenvalue weighted by atomic mass is 16.6. The number of nitriles is 2. The van der Waals surface area contributed by atoms with E-state index in [0.717, 1.165) is 12.8 Å². The van der Waals surface area contributed by atoms with Gasteiger partial charge in [-0.05, 0) is 45.7 Å². The molecule has 0 saturated carbocycles. The lowest BCUT2D eigenvalue weighted by atomic mass is 10.1. The van der Waals surface area contributed by atoms with E-state index in [1.54, 1.807) is 29.2 Å². The Morgan fingerprint density at radius 1 is 1.30 bits per heavy atom. The quantitative estimate of drug-likeness (QED) is 0.812. The number of nitrogens with zero attached hydrogens (tertiary/aromatic N) is 3. The summed E-state index contributed by atoms with van der Waals surface area (Å²) in [6.45, 7) is 6.62. The number of hydrogen-bond acceptors (Lipinski definition) is 6. The van der Waals surface area contributed by atoms with Crippen LogP contribution >= 0.6 is 0 Å². The topological polar surface area (TPSA) is 98.4 Å². The molecule has 1 aromatic rings. The highest BCUT2D eigenvalue weighted by Gasteiger charge is 2.28. The van der Waals surface area contributed by atoms with E-state index >= 15 is 0 Å². The summed E-state index contributed by atoms with van der Waals surface area (Å²) in [5, 5.41) is 20.6. The van der Waals surface area contributed by atoms with Crippen LogP contribution in [0.15, 0.2) is 36.0 Å². The fourth-order valence-electron chi connectivity index (χ4n) is 2.63. The predicted octanol–water partition coefficient (Wildman–Crippen LogP) is 3.81. The van der Waals surface area contributed by atoms with Crippen molar-refractivity contribution in [3.05, 3.63) is 36.0 Å². The summed E-state index contributed by atoms with van der Waals surface area (Å²) in [7, 11) is 0. The molecule has 1 aromatic carbocycles. The number of nitrogens with one attached hydrogen (secondary N) is 1. The first-order valence-corrected chi connectivity index (χ1v) is 8.83. The summed E-state index contributed by atoms with van der Waals surface area (Å²) in [4.78, 5) is 14.0. The van der Waals surface area contributed by atoms with Gasteiger partial charge in [-0.25, -0.2) is 4.79 Å². The van der Waals surface area contributed by atoms with Crippen LogP contribution in [0.25, 0.3) is 0 Å². The van der Waals surface area contributed by atoms with Crippen LogP contribution in [0.3, 0.4) is 0 Å². The van der Waals surface area contributed by atoms with Gasteiger partial charge in [-0.1, -0.05) is 12.1 Å². The molecule has 1 unspecified atom stereocenters. The second-order valence-corrected chi connectivity index (χ2v) is 7.23. The van der Waals surface area contributed by atoms with Gasteiger partial charge >= 0.3 is 6.09 Å². The third-order valence-electron chi connectivity index (χ3n) is 3.82. The van der Waals surface area contributed by atoms with Crippen LogP contribution in [0.1, 0.15) is 33.6 Å². The molecule has 0 radical (unpaired) electrons. The van der Waals surface area contributed by atoms with Gasteiger partial charge in [0.15, 0.2) is 0 Å². The lowest BCUT2D eigenvalue weighted by molar-refractivity contribution is 0.00785. The molecule has 7 heteroatoms. The maximum atomic E-state index is 12.3. The molecular weight excluding hydrogens is 344 g/mol. The van der Waals surface area contributed by atoms with Crippen molar-refractivity contribution in [3.8, 4) is 17.9 Å². The fourth-order valence-corrected chi connectivity index (χ4v) is 2.63. The number of ether oxygens (including phenoxy) is 2. The molecule has 0 aliphatic carbocycles. The largest absolute Gasteiger partial charge is 0.486 e. The number of para-hydroxylation sites is 2. The molecule has 1 aliphatic rings. The second-order valence-electron chi connectivity index (χ2n) is 7.23. The van der Waals surface area contributed by atoms with Crippen molar-refractivity contribution in [1.29, 1.82) is 10.5 Å². The summed E-state index contributed by atoms with van der Waals surface area (Å²) in [6, 6.07) is 10.9. The first-order chi connectivity index (χ1) is 12.8. The Kier molecular flexibility index (Phi) is 6.67. The first-order valence-electron chi connectivity index (χ1n) is 8.83. The summed E-state index contributed by atoms with van der Waals surface area (Å²) < 4.78 is 11.5. The van der Waals surface area contributed by atoms with Crippen molar-refractivity contribution in [1.82, 2.24) is 4.90 Å². The van der Waals surface area contributed by atoms with Crippen LogP contribution < -0.4 is 10.1 Å². The number of anilines is 1. The lowest BCUT2D eigenvalue weighted by Gasteiger charge is -2.34. The lowest BCUT2D eigenvalue weighted by Crippen LogP contribution is -2.46. The Hall–Kier alpha value is -3.19. The van der Waals surface area contributed by atoms with Crippen LogP contribution in [-0.4, -0.2) is 35.8 Å². The zero-order valence-corrected chi connectivity index (χ0v) is 15.9. The fraction of sp³-hybridized carbons (Fsp3) is 0.450. The maximum absolute atomic E-state index is 12.3. The molecule has 1 amide bonds. The zero-order chi connectivity index (χ0) is 19.9. The first kappa shape index (κ1) is 20.1. The van der Waals surface area contributed by atoms with Gasteiger partial charge in [0.05, 0.1) is 12.2 Å². The highest BCUT2D eigenvalue weighted by molar-refractivity contribution is 5.68. The number of carbonyl (C=O) groups excluding carboxylic acids is 1. The number of hydrogen-bond donors (Lipinski definition) is 1. The molecule has 0 aromatic heterocycles. The van der Waals surface area contributed by atoms with Gasteiger partial charge in [0.25, 0.3) is 0 Å². The Labute approximate surface area is 159 Å². The molecular formula is C20H24N4O3. The van der Waals surface area contributed by atoms with Crippen molar-refractivity contribution in [2.45, 2.75) is 45.3 Å². The Balaban J connectivity index is 2.05. The molecule has 0 spiro atoms. The zero-order valence-electron chi connectivity index (χ0n) is 15.9. The number of likely N-dealkylation sites (tertiary alicyclic amines) is 1. The van der Waals surface area contributed by atoms with Crippen molar-refractivity contribution in [2.24, 2.45) is 0 Å². The molecule has 2 rings (SSSR count). The van der Waals surface area contributed by atoms with Gasteiger partial charge in [-0.15, -0.1) is 0 Å². The number of carbonyl (C=O) groups is 1. The van der Waals surface area contributed by atoms with Crippen LogP contribution in [0.4, 0.5) is 10.5 Å². The average Bonchev–Trinajstić information content (AvgIpc) is 2.62. The van der Waals surface area contributed by atoms with E-state index in [-0.39, 0.29) is 17.8 Å². The van der Waals surface area contributed by atoms with Crippen LogP contribution in [-0.2, 0) is 4.74 Å². The maximum Gasteiger partial charge on any atom is 0.410 e. The minimum absolute atomic E-state index is 0.0291. The predicted molar refractivity (Wildman–Crippen MR) is 101 cm³/mol. The van der Waals surface area contributed by atoms with Crippen LogP contribution in [0.5, 0.6) is 5.75 Å². The molecule has 142 valence electrons. The summed E-state index contributed by atoms with van der Waals surface area (Å²) in [5.41, 5.74) is 0.0842. The Morgan fingerprint density at radius 2 is 2.00 bits per heavy atom. The summed E-state index contributed by atoms with van der Waals surface area (Å²) in [5.74, 6) is 0.597. The summed E-state index contributed by atoms with van der Waals surface area (Å²) >= 11 is 0. The van der Waals surface area contributed by atoms with E-state index in [2.05, 4.69) is 5.32 Å². The smallest absolute Gasteiger partial charge is 0.410 e. The molecule has 1 heterocycles. The molecule has 1 aliphatic heterocycles. The number of benzene rings is 1. The van der Waals surface area contributed by atoms with Gasteiger partial charge in [-0.3, -0.25) is 0 Å². The van der Waals surface area contributed by atoms with E-state index < -0.39 is 5.60 Å². The van der Waals surface area contributed by atoms with Crippen molar-refractivity contribution >= 4 is 11.8 Å². The molecule has 0 bridgehead atoms. The van der Waals surface area contributed by atoms with E-state index in [4.69, 9.17) is 20.0 Å². The number of piperidine rings is 1. The molecule has 27 heavy (non-hydrogen) atoms. The highest BCUT2D eigenvalue weighted by Crippen LogP contribution is 2.27. The van der Waals surface area contributed by atoms with Crippen molar-refractivity contribution < 1.29 is 14.3 Å². The minimum Gasteiger partial charge on any atom is -0.486 e. The van der Waals surface area contributed by atoms with E-state index in [1.807, 2.05) is 32.9 Å². The second kappa shape index (κ2) is 8.95. The number of allylic oxidation sites excluding steroid dienone is 1. The van der Waals surface area contributed by atoms with Crippen molar-refractivity contribution in [2.75, 3.05) is 18.4 Å². The van der Waals surface area contributed by atoms with E-state index in [9.17, 15) is 4.79 Å². The molecule has 1 atom stereocenters. The van der Waals surface area contributed by atoms with Crippen LogP contribution in [0.2, 0.25) is 0 Å². The van der Waals surface area contributed by atoms with Crippen molar-refractivity contribution in [3.63, 3.8) is 0 Å². The van der Waals surface area contributed by atoms with Gasteiger partial charge in [0.2, 0.25) is 0 Å². The van der Waals surface area contributed by atoms with E-state index in [0.29, 0.717) is 24.5 Å². The minimum atomic E-state index is -0.535. The average molecular weight is 368 g/mol. The molecule has 1 saturated heterocycles. The van der Waals surface area contributed by atoms with Crippen LogP contribution in [0, 0.1) is 22.7 Å². The Morgan fingerprint density at radius 3 is 2.67 bits per heavy atom. The normalized spacial score (nSPS) is 16.5. The van der Waals surface area contributed by atoms with Gasteiger partial charge in [-0.2, -0.15) is 10.5 Å². The number of amides is 1. The van der Waals surface area contributed by atoms with Gasteiger partial charge < -0.3 is 19.7 Å². The molecule has 1 N–H and O–H groups in total. The van der Waals surface area contributed by atoms with E-state index in [1.165, 1.54) is 6.20 Å². The monoisotopic (exact) mass is 368 g/mol. The summed E-state index contributed by atoms with van der Waals surface area (Å²) in [6.07, 6.45) is 2.50. The molecule has 7 nitrogen and oxygen atoms in total. The van der Waals surface area contributed by atoms with Gasteiger partial charge in [0, 0.05) is 12.7 Å².